The van der Waals surface area contributed by atoms with E-state index in [0.717, 1.165) is 16.7 Å². The van der Waals surface area contributed by atoms with Crippen LogP contribution in [0.1, 0.15) is 22.6 Å². The molecule has 0 aromatic heterocycles. The number of halogens is 3. The Morgan fingerprint density at radius 3 is 1.46 bits per heavy atom. The fourth-order valence-electron chi connectivity index (χ4n) is 2.63. The van der Waals surface area contributed by atoms with Gasteiger partial charge >= 0.3 is 0 Å². The van der Waals surface area contributed by atoms with Crippen LogP contribution in [0.2, 0.25) is 5.02 Å². The maximum atomic E-state index is 6.57. The topological polar surface area (TPSA) is 0 Å². The molecular formula is C23H17Cl3. The largest absolute Gasteiger partial charge is 0.0843 e. The van der Waals surface area contributed by atoms with Gasteiger partial charge < -0.3 is 0 Å². The van der Waals surface area contributed by atoms with Gasteiger partial charge in [0.05, 0.1) is 0 Å². The van der Waals surface area contributed by atoms with Crippen molar-refractivity contribution in [3.63, 3.8) is 0 Å². The van der Waals surface area contributed by atoms with E-state index in [9.17, 15) is 0 Å². The molecule has 0 aliphatic rings. The van der Waals surface area contributed by atoms with Gasteiger partial charge in [-0.15, -0.1) is 0 Å². The van der Waals surface area contributed by atoms with Crippen LogP contribution in [-0.4, -0.2) is 0 Å². The van der Waals surface area contributed by atoms with E-state index in [1.807, 2.05) is 97.1 Å². The zero-order valence-corrected chi connectivity index (χ0v) is 16.2. The highest BCUT2D eigenvalue weighted by Gasteiger charge is 2.10. The number of hydrogen-bond acceptors (Lipinski definition) is 0. The van der Waals surface area contributed by atoms with Crippen LogP contribution < -0.4 is 0 Å². The summed E-state index contributed by atoms with van der Waals surface area (Å²) in [5, 5.41) is 2.06. The maximum absolute atomic E-state index is 6.57. The molecule has 1 unspecified atom stereocenters. The SMILES string of the molecule is Cl/C(=C\C(/C=C(/Cl)c1ccccc1)c1ccc(Cl)cc1)c1ccccc1. The zero-order chi connectivity index (χ0) is 18.4. The standard InChI is InChI=1S/C23H17Cl3/c24-21-13-11-17(12-14-21)20(15-22(25)18-7-3-1-4-8-18)16-23(26)19-9-5-2-6-10-19/h1-16,20H/b22-15-,23-16+. The molecule has 0 bridgehead atoms. The highest BCUT2D eigenvalue weighted by molar-refractivity contribution is 6.49. The van der Waals surface area contributed by atoms with Crippen LogP contribution in [0.15, 0.2) is 97.1 Å². The van der Waals surface area contributed by atoms with Crippen molar-refractivity contribution in [1.29, 1.82) is 0 Å². The second-order valence-electron chi connectivity index (χ2n) is 5.84. The summed E-state index contributed by atoms with van der Waals surface area (Å²) in [4.78, 5) is 0. The van der Waals surface area contributed by atoms with Crippen molar-refractivity contribution in [1.82, 2.24) is 0 Å². The molecule has 0 amide bonds. The van der Waals surface area contributed by atoms with Crippen molar-refractivity contribution in [2.45, 2.75) is 5.92 Å². The van der Waals surface area contributed by atoms with E-state index in [2.05, 4.69) is 0 Å². The van der Waals surface area contributed by atoms with Gasteiger partial charge in [-0.2, -0.15) is 0 Å². The minimum Gasteiger partial charge on any atom is -0.0843 e. The van der Waals surface area contributed by atoms with Crippen molar-refractivity contribution in [2.24, 2.45) is 0 Å². The molecule has 0 saturated heterocycles. The van der Waals surface area contributed by atoms with Crippen LogP contribution in [0.25, 0.3) is 10.1 Å². The van der Waals surface area contributed by atoms with Crippen LogP contribution in [-0.2, 0) is 0 Å². The predicted octanol–water partition coefficient (Wildman–Crippen LogP) is 7.98. The van der Waals surface area contributed by atoms with Gasteiger partial charge in [-0.25, -0.2) is 0 Å². The predicted molar refractivity (Wildman–Crippen MR) is 115 cm³/mol. The molecule has 0 aliphatic heterocycles. The second-order valence-corrected chi connectivity index (χ2v) is 7.09. The molecule has 0 radical (unpaired) electrons. The third-order valence-electron chi connectivity index (χ3n) is 4.01. The normalized spacial score (nSPS) is 13.5. The Labute approximate surface area is 169 Å². The summed E-state index contributed by atoms with van der Waals surface area (Å²) < 4.78 is 0. The third kappa shape index (κ3) is 5.02. The molecular weight excluding hydrogens is 383 g/mol. The van der Waals surface area contributed by atoms with E-state index in [-0.39, 0.29) is 5.92 Å². The molecule has 0 fully saturated rings. The van der Waals surface area contributed by atoms with Crippen LogP contribution in [0, 0.1) is 0 Å². The van der Waals surface area contributed by atoms with Crippen LogP contribution in [0.4, 0.5) is 0 Å². The summed E-state index contributed by atoms with van der Waals surface area (Å²) in [5.74, 6) is -0.0762. The quantitative estimate of drug-likeness (QED) is 0.408. The van der Waals surface area contributed by atoms with E-state index < -0.39 is 0 Å². The lowest BCUT2D eigenvalue weighted by Crippen LogP contribution is -1.93. The second kappa shape index (κ2) is 9.09. The molecule has 0 nitrogen and oxygen atoms in total. The Bertz CT molecular complexity index is 840. The monoisotopic (exact) mass is 398 g/mol. The van der Waals surface area contributed by atoms with Crippen LogP contribution in [0.3, 0.4) is 0 Å². The molecule has 130 valence electrons. The third-order valence-corrected chi connectivity index (χ3v) is 4.95. The van der Waals surface area contributed by atoms with E-state index >= 15 is 0 Å². The number of benzene rings is 3. The van der Waals surface area contributed by atoms with Gasteiger partial charge in [-0.05, 0) is 28.8 Å². The summed E-state index contributed by atoms with van der Waals surface area (Å²) in [7, 11) is 0. The van der Waals surface area contributed by atoms with Gasteiger partial charge in [0, 0.05) is 21.0 Å². The molecule has 0 spiro atoms. The molecule has 26 heavy (non-hydrogen) atoms. The van der Waals surface area contributed by atoms with Crippen LogP contribution >= 0.6 is 34.8 Å². The lowest BCUT2D eigenvalue weighted by Gasteiger charge is -2.12. The Morgan fingerprint density at radius 2 is 1.04 bits per heavy atom. The molecule has 0 N–H and O–H groups in total. The zero-order valence-electron chi connectivity index (χ0n) is 13.9. The molecule has 0 saturated carbocycles. The van der Waals surface area contributed by atoms with E-state index in [1.165, 1.54) is 0 Å². The summed E-state index contributed by atoms with van der Waals surface area (Å²) in [6.45, 7) is 0. The maximum Gasteiger partial charge on any atom is 0.0447 e. The van der Waals surface area contributed by atoms with Crippen LogP contribution in [0.5, 0.6) is 0 Å². The summed E-state index contributed by atoms with van der Waals surface area (Å²) in [6, 6.07) is 27.5. The first-order valence-electron chi connectivity index (χ1n) is 8.24. The Hall–Kier alpha value is -1.99. The fourth-order valence-corrected chi connectivity index (χ4v) is 3.28. The summed E-state index contributed by atoms with van der Waals surface area (Å²) >= 11 is 19.2. The van der Waals surface area contributed by atoms with Gasteiger partial charge in [0.25, 0.3) is 0 Å². The molecule has 3 aromatic rings. The number of allylic oxidation sites excluding steroid dienone is 2. The fraction of sp³-hybridized carbons (Fsp3) is 0.0435. The lowest BCUT2D eigenvalue weighted by atomic mass is 9.96. The van der Waals surface area contributed by atoms with E-state index in [4.69, 9.17) is 34.8 Å². The van der Waals surface area contributed by atoms with Gasteiger partial charge in [-0.3, -0.25) is 0 Å². The van der Waals surface area contributed by atoms with Crippen molar-refractivity contribution >= 4 is 44.9 Å². The first kappa shape index (κ1) is 18.8. The average molecular weight is 400 g/mol. The molecule has 3 aromatic carbocycles. The highest BCUT2D eigenvalue weighted by Crippen LogP contribution is 2.31. The van der Waals surface area contributed by atoms with Gasteiger partial charge in [0.1, 0.15) is 0 Å². The average Bonchev–Trinajstić information content (AvgIpc) is 2.69. The minimum absolute atomic E-state index is 0.0762. The Morgan fingerprint density at radius 1 is 0.615 bits per heavy atom. The highest BCUT2D eigenvalue weighted by atomic mass is 35.5. The Kier molecular flexibility index (Phi) is 6.57. The van der Waals surface area contributed by atoms with E-state index in [0.29, 0.717) is 15.1 Å². The van der Waals surface area contributed by atoms with Gasteiger partial charge in [0.15, 0.2) is 0 Å². The van der Waals surface area contributed by atoms with Crippen molar-refractivity contribution in [3.05, 3.63) is 119 Å². The first-order chi connectivity index (χ1) is 12.6. The van der Waals surface area contributed by atoms with E-state index in [1.54, 1.807) is 0 Å². The molecule has 3 heteroatoms. The smallest absolute Gasteiger partial charge is 0.0447 e. The lowest BCUT2D eigenvalue weighted by molar-refractivity contribution is 1.09. The van der Waals surface area contributed by atoms with Crippen molar-refractivity contribution < 1.29 is 0 Å². The molecule has 0 heterocycles. The van der Waals surface area contributed by atoms with Gasteiger partial charge in [0.2, 0.25) is 0 Å². The summed E-state index contributed by atoms with van der Waals surface area (Å²) in [6.07, 6.45) is 4.01. The minimum atomic E-state index is -0.0762. The summed E-state index contributed by atoms with van der Waals surface area (Å²) in [5.41, 5.74) is 3.01. The Balaban J connectivity index is 2.01. The molecule has 0 aliphatic carbocycles. The van der Waals surface area contributed by atoms with Crippen molar-refractivity contribution in [3.8, 4) is 0 Å². The number of hydrogen-bond donors (Lipinski definition) is 0. The van der Waals surface area contributed by atoms with Crippen molar-refractivity contribution in [2.75, 3.05) is 0 Å². The molecule has 1 atom stereocenters. The molecule has 3 rings (SSSR count). The number of rotatable bonds is 5. The van der Waals surface area contributed by atoms with Gasteiger partial charge in [-0.1, -0.05) is 120 Å². The first-order valence-corrected chi connectivity index (χ1v) is 9.38.